The number of hydrogen-bond acceptors (Lipinski definition) is 3. The molecule has 2 amide bonds. The molecule has 126 valence electrons. The second-order valence-electron chi connectivity index (χ2n) is 8.36. The summed E-state index contributed by atoms with van der Waals surface area (Å²) in [5, 5.41) is 0.976. The van der Waals surface area contributed by atoms with Crippen molar-refractivity contribution in [3.05, 3.63) is 36.0 Å². The third kappa shape index (κ3) is 1.70. The van der Waals surface area contributed by atoms with Gasteiger partial charge in [-0.25, -0.2) is 0 Å². The molecule has 1 aromatic heterocycles. The van der Waals surface area contributed by atoms with Crippen LogP contribution in [0.1, 0.15) is 25.0 Å². The van der Waals surface area contributed by atoms with Gasteiger partial charge in [0.05, 0.1) is 23.0 Å². The van der Waals surface area contributed by atoms with Gasteiger partial charge in [-0.05, 0) is 74.1 Å². The molecular weight excluding hydrogens is 312 g/mol. The van der Waals surface area contributed by atoms with E-state index in [1.165, 1.54) is 11.3 Å². The van der Waals surface area contributed by atoms with E-state index in [0.29, 0.717) is 11.8 Å². The number of amides is 2. The monoisotopic (exact) mass is 332 g/mol. The Morgan fingerprint density at radius 2 is 1.60 bits per heavy atom. The summed E-state index contributed by atoms with van der Waals surface area (Å²) in [7, 11) is 0. The highest BCUT2D eigenvalue weighted by atomic mass is 16.2. The van der Waals surface area contributed by atoms with E-state index in [0.717, 1.165) is 47.0 Å². The number of aromatic nitrogens is 1. The Balaban J connectivity index is 1.44. The van der Waals surface area contributed by atoms with Gasteiger partial charge >= 0.3 is 0 Å². The summed E-state index contributed by atoms with van der Waals surface area (Å²) < 4.78 is 0. The summed E-state index contributed by atoms with van der Waals surface area (Å²) in [6.45, 7) is 1.96. The quantitative estimate of drug-likeness (QED) is 0.753. The molecule has 4 aliphatic carbocycles. The minimum absolute atomic E-state index is 0.0504. The van der Waals surface area contributed by atoms with Gasteiger partial charge in [0.25, 0.3) is 0 Å². The van der Waals surface area contributed by atoms with Crippen LogP contribution in [0.15, 0.2) is 30.3 Å². The van der Waals surface area contributed by atoms with Gasteiger partial charge in [-0.15, -0.1) is 0 Å². The van der Waals surface area contributed by atoms with Crippen LogP contribution >= 0.6 is 0 Å². The first-order valence-electron chi connectivity index (χ1n) is 9.39. The Hall–Kier alpha value is -2.23. The molecule has 1 saturated heterocycles. The van der Waals surface area contributed by atoms with Crippen molar-refractivity contribution in [3.8, 4) is 0 Å². The van der Waals surface area contributed by atoms with Gasteiger partial charge in [0.2, 0.25) is 11.8 Å². The highest BCUT2D eigenvalue weighted by molar-refractivity contribution is 6.22. The van der Waals surface area contributed by atoms with Crippen LogP contribution in [0.5, 0.6) is 0 Å². The zero-order valence-corrected chi connectivity index (χ0v) is 14.2. The Morgan fingerprint density at radius 1 is 0.920 bits per heavy atom. The van der Waals surface area contributed by atoms with E-state index >= 15 is 0 Å². The molecular formula is C21H20N2O2. The van der Waals surface area contributed by atoms with E-state index in [2.05, 4.69) is 4.98 Å². The third-order valence-corrected chi connectivity index (χ3v) is 7.22. The van der Waals surface area contributed by atoms with Gasteiger partial charge in [0.15, 0.2) is 0 Å². The van der Waals surface area contributed by atoms with Crippen LogP contribution in [0.2, 0.25) is 0 Å². The normalized spacial score (nSPS) is 38.2. The average molecular weight is 332 g/mol. The molecule has 1 aromatic carbocycles. The first-order valence-corrected chi connectivity index (χ1v) is 9.39. The number of nitrogens with zero attached hydrogens (tertiary/aromatic N) is 2. The minimum Gasteiger partial charge on any atom is -0.274 e. The predicted molar refractivity (Wildman–Crippen MR) is 93.8 cm³/mol. The van der Waals surface area contributed by atoms with E-state index in [1.807, 2.05) is 37.3 Å². The Bertz CT molecular complexity index is 918. The first kappa shape index (κ1) is 14.0. The van der Waals surface area contributed by atoms with Crippen molar-refractivity contribution in [2.45, 2.75) is 26.2 Å². The molecule has 0 spiro atoms. The van der Waals surface area contributed by atoms with Gasteiger partial charge < -0.3 is 0 Å². The van der Waals surface area contributed by atoms with Crippen LogP contribution in [0.25, 0.3) is 10.9 Å². The van der Waals surface area contributed by atoms with Crippen molar-refractivity contribution >= 4 is 28.4 Å². The number of benzene rings is 1. The van der Waals surface area contributed by atoms with Crippen LogP contribution in [0, 0.1) is 42.4 Å². The Kier molecular flexibility index (Phi) is 2.51. The van der Waals surface area contributed by atoms with Crippen molar-refractivity contribution in [1.82, 2.24) is 4.98 Å². The zero-order chi connectivity index (χ0) is 16.9. The number of fused-ring (bicyclic) bond motifs is 2. The van der Waals surface area contributed by atoms with E-state index in [-0.39, 0.29) is 23.7 Å². The number of anilines is 1. The Morgan fingerprint density at radius 3 is 2.28 bits per heavy atom. The third-order valence-electron chi connectivity index (χ3n) is 7.22. The second-order valence-corrected chi connectivity index (χ2v) is 8.36. The maximum Gasteiger partial charge on any atom is 0.237 e. The molecule has 1 aliphatic heterocycles. The van der Waals surface area contributed by atoms with Crippen molar-refractivity contribution in [1.29, 1.82) is 0 Å². The van der Waals surface area contributed by atoms with Crippen molar-refractivity contribution in [2.75, 3.05) is 4.90 Å². The molecule has 0 radical (unpaired) electrons. The smallest absolute Gasteiger partial charge is 0.237 e. The van der Waals surface area contributed by atoms with Crippen LogP contribution in [-0.2, 0) is 9.59 Å². The van der Waals surface area contributed by atoms with Crippen molar-refractivity contribution in [2.24, 2.45) is 35.5 Å². The van der Waals surface area contributed by atoms with Crippen molar-refractivity contribution < 1.29 is 9.59 Å². The fourth-order valence-electron chi connectivity index (χ4n) is 6.15. The summed E-state index contributed by atoms with van der Waals surface area (Å²) in [6, 6.07) is 9.72. The van der Waals surface area contributed by atoms with Crippen molar-refractivity contribution in [3.63, 3.8) is 0 Å². The first-order chi connectivity index (χ1) is 12.1. The molecule has 7 rings (SSSR count). The molecule has 4 nitrogen and oxygen atoms in total. The second kappa shape index (κ2) is 4.48. The van der Waals surface area contributed by atoms with Crippen LogP contribution in [-0.4, -0.2) is 16.8 Å². The SMILES string of the molecule is Cc1ccc2cc(N3C(=O)C4C5CCC(C6CC65)C4C3=O)ccc2n1. The largest absolute Gasteiger partial charge is 0.274 e. The lowest BCUT2D eigenvalue weighted by molar-refractivity contribution is -0.129. The van der Waals surface area contributed by atoms with Crippen LogP contribution in [0.4, 0.5) is 5.69 Å². The van der Waals surface area contributed by atoms with Gasteiger partial charge in [-0.1, -0.05) is 6.07 Å². The molecule has 5 fully saturated rings. The maximum atomic E-state index is 13.2. The molecule has 2 bridgehead atoms. The summed E-state index contributed by atoms with van der Waals surface area (Å²) in [5.41, 5.74) is 2.59. The maximum absolute atomic E-state index is 13.2. The molecule has 4 saturated carbocycles. The number of carbonyl (C=O) groups excluding carboxylic acids is 2. The molecule has 6 atom stereocenters. The molecule has 4 heteroatoms. The van der Waals surface area contributed by atoms with E-state index in [4.69, 9.17) is 0 Å². The van der Waals surface area contributed by atoms with E-state index in [1.54, 1.807) is 0 Å². The average Bonchev–Trinajstić information content (AvgIpc) is 3.39. The molecule has 0 N–H and O–H groups in total. The molecule has 2 aromatic rings. The number of rotatable bonds is 1. The highest BCUT2D eigenvalue weighted by Crippen LogP contribution is 2.68. The fourth-order valence-corrected chi connectivity index (χ4v) is 6.15. The summed E-state index contributed by atoms with van der Waals surface area (Å²) in [5.74, 6) is 2.34. The van der Waals surface area contributed by atoms with Gasteiger partial charge in [-0.3, -0.25) is 19.5 Å². The number of imide groups is 1. The Labute approximate surface area is 146 Å². The standard InChI is InChI=1S/C21H20N2O2/c1-10-2-3-11-8-12(4-7-17(11)22-10)23-20(24)18-13-5-6-14(16-9-15(13)16)19(18)21(23)25/h2-4,7-8,13-16,18-19H,5-6,9H2,1H3. The zero-order valence-electron chi connectivity index (χ0n) is 14.2. The predicted octanol–water partition coefficient (Wildman–Crippen LogP) is 3.32. The lowest BCUT2D eigenvalue weighted by Gasteiger charge is -2.42. The molecule has 2 heterocycles. The van der Waals surface area contributed by atoms with Crippen LogP contribution in [0.3, 0.4) is 0 Å². The molecule has 6 unspecified atom stereocenters. The fraction of sp³-hybridized carbons (Fsp3) is 0.476. The van der Waals surface area contributed by atoms with Gasteiger partial charge in [0, 0.05) is 11.1 Å². The molecule has 25 heavy (non-hydrogen) atoms. The number of carbonyl (C=O) groups is 2. The highest BCUT2D eigenvalue weighted by Gasteiger charge is 2.68. The lowest BCUT2D eigenvalue weighted by atomic mass is 9.59. The topological polar surface area (TPSA) is 50.3 Å². The number of pyridine rings is 1. The lowest BCUT2D eigenvalue weighted by Crippen LogP contribution is -2.43. The number of aryl methyl sites for hydroxylation is 1. The summed E-state index contributed by atoms with van der Waals surface area (Å²) in [6.07, 6.45) is 3.53. The van der Waals surface area contributed by atoms with Gasteiger partial charge in [0.1, 0.15) is 0 Å². The van der Waals surface area contributed by atoms with E-state index < -0.39 is 0 Å². The minimum atomic E-state index is -0.0539. The van der Waals surface area contributed by atoms with E-state index in [9.17, 15) is 9.59 Å². The molecule has 5 aliphatic rings. The number of hydrogen-bond donors (Lipinski definition) is 0. The summed E-state index contributed by atoms with van der Waals surface area (Å²) >= 11 is 0. The van der Waals surface area contributed by atoms with Gasteiger partial charge in [-0.2, -0.15) is 0 Å². The summed E-state index contributed by atoms with van der Waals surface area (Å²) in [4.78, 5) is 32.4. The van der Waals surface area contributed by atoms with Crippen LogP contribution < -0.4 is 4.90 Å².